The highest BCUT2D eigenvalue weighted by molar-refractivity contribution is 6.33. The van der Waals surface area contributed by atoms with Gasteiger partial charge >= 0.3 is 6.18 Å². The maximum absolute atomic E-state index is 13.8. The van der Waals surface area contributed by atoms with Gasteiger partial charge in [-0.2, -0.15) is 13.2 Å². The Kier molecular flexibility index (Phi) is 3.66. The first-order chi connectivity index (χ1) is 9.62. The number of nitrogen functional groups attached to an aromatic ring is 1. The molecule has 0 radical (unpaired) electrons. The maximum atomic E-state index is 13.8. The minimum Gasteiger partial charge on any atom is -0.398 e. The number of halogens is 5. The minimum atomic E-state index is -4.74. The first-order valence-electron chi connectivity index (χ1n) is 5.51. The second kappa shape index (κ2) is 5.03. The average Bonchev–Trinajstić information content (AvgIpc) is 2.36. The normalized spacial score (nSPS) is 11.7. The van der Waals surface area contributed by atoms with Crippen LogP contribution in [0.3, 0.4) is 0 Å². The summed E-state index contributed by atoms with van der Waals surface area (Å²) in [5.74, 6) is -0.904. The van der Waals surface area contributed by atoms with Crippen molar-refractivity contribution in [3.63, 3.8) is 0 Å². The van der Waals surface area contributed by atoms with Crippen LogP contribution in [0, 0.1) is 5.82 Å². The van der Waals surface area contributed by atoms with Gasteiger partial charge in [0.25, 0.3) is 5.56 Å². The molecule has 0 bridgehead atoms. The number of anilines is 1. The number of hydrogen-bond donors (Lipinski definition) is 1. The van der Waals surface area contributed by atoms with E-state index >= 15 is 0 Å². The molecule has 0 unspecified atom stereocenters. The van der Waals surface area contributed by atoms with E-state index in [0.29, 0.717) is 10.8 Å². The smallest absolute Gasteiger partial charge is 0.398 e. The quantitative estimate of drug-likeness (QED) is 0.649. The van der Waals surface area contributed by atoms with Gasteiger partial charge < -0.3 is 10.3 Å². The molecule has 0 aliphatic heterocycles. The van der Waals surface area contributed by atoms with Crippen LogP contribution in [0.2, 0.25) is 5.02 Å². The summed E-state index contributed by atoms with van der Waals surface area (Å²) in [6, 6.07) is 1.92. The Hall–Kier alpha value is -2.09. The lowest BCUT2D eigenvalue weighted by atomic mass is 10.1. The van der Waals surface area contributed by atoms with Gasteiger partial charge in [0.2, 0.25) is 0 Å². The Morgan fingerprint density at radius 1 is 1.33 bits per heavy atom. The second-order valence-electron chi connectivity index (χ2n) is 4.21. The Morgan fingerprint density at radius 3 is 2.52 bits per heavy atom. The molecular weight excluding hydrogens is 314 g/mol. The number of alkyl halides is 3. The third-order valence-corrected chi connectivity index (χ3v) is 3.14. The van der Waals surface area contributed by atoms with E-state index in [1.807, 2.05) is 0 Å². The van der Waals surface area contributed by atoms with E-state index in [9.17, 15) is 22.4 Å². The standard InChI is InChI=1S/C12H8ClF4N3O/c1-20-9(12(15,16)17)4-19-10(11(20)21)5-2-8(18)6(13)3-7(5)14/h2-4H,18H2,1H3. The maximum Gasteiger partial charge on any atom is 0.433 e. The summed E-state index contributed by atoms with van der Waals surface area (Å²) in [6.45, 7) is 0. The van der Waals surface area contributed by atoms with Gasteiger partial charge in [-0.1, -0.05) is 11.6 Å². The molecule has 2 N–H and O–H groups in total. The largest absolute Gasteiger partial charge is 0.433 e. The molecule has 1 heterocycles. The fraction of sp³-hybridized carbons (Fsp3) is 0.167. The summed E-state index contributed by atoms with van der Waals surface area (Å²) < 4.78 is 52.1. The van der Waals surface area contributed by atoms with E-state index < -0.39 is 28.9 Å². The summed E-state index contributed by atoms with van der Waals surface area (Å²) in [6.07, 6.45) is -4.28. The van der Waals surface area contributed by atoms with Crippen molar-refractivity contribution in [1.29, 1.82) is 0 Å². The number of aromatic nitrogens is 2. The Balaban J connectivity index is 2.71. The highest BCUT2D eigenvalue weighted by Crippen LogP contribution is 2.30. The lowest BCUT2D eigenvalue weighted by Gasteiger charge is -2.13. The summed E-state index contributed by atoms with van der Waals surface area (Å²) in [7, 11) is 0.924. The summed E-state index contributed by atoms with van der Waals surface area (Å²) in [5.41, 5.74) is 2.36. The van der Waals surface area contributed by atoms with E-state index in [1.54, 1.807) is 0 Å². The van der Waals surface area contributed by atoms with Crippen LogP contribution >= 0.6 is 11.6 Å². The zero-order valence-corrected chi connectivity index (χ0v) is 11.3. The van der Waals surface area contributed by atoms with Crippen molar-refractivity contribution in [3.8, 4) is 11.3 Å². The molecule has 0 aliphatic rings. The van der Waals surface area contributed by atoms with E-state index in [4.69, 9.17) is 17.3 Å². The predicted molar refractivity (Wildman–Crippen MR) is 69.3 cm³/mol. The van der Waals surface area contributed by atoms with Crippen LogP contribution in [0.25, 0.3) is 11.3 Å². The zero-order chi connectivity index (χ0) is 15.9. The molecule has 0 saturated carbocycles. The monoisotopic (exact) mass is 321 g/mol. The molecule has 0 spiro atoms. The third-order valence-electron chi connectivity index (χ3n) is 2.82. The van der Waals surface area contributed by atoms with Gasteiger partial charge in [-0.05, 0) is 12.1 Å². The molecule has 2 aromatic rings. The summed E-state index contributed by atoms with van der Waals surface area (Å²) >= 11 is 5.61. The highest BCUT2D eigenvalue weighted by atomic mass is 35.5. The van der Waals surface area contributed by atoms with Gasteiger partial charge in [0, 0.05) is 12.6 Å². The molecule has 0 fully saturated rings. The highest BCUT2D eigenvalue weighted by Gasteiger charge is 2.34. The van der Waals surface area contributed by atoms with Gasteiger partial charge in [0.15, 0.2) is 0 Å². The molecule has 0 atom stereocenters. The molecule has 4 nitrogen and oxygen atoms in total. The number of hydrogen-bond acceptors (Lipinski definition) is 3. The van der Waals surface area contributed by atoms with E-state index in [-0.39, 0.29) is 16.3 Å². The fourth-order valence-electron chi connectivity index (χ4n) is 1.73. The molecule has 0 aliphatic carbocycles. The molecule has 0 saturated heterocycles. The Morgan fingerprint density at radius 2 is 1.95 bits per heavy atom. The van der Waals surface area contributed by atoms with Crippen molar-refractivity contribution in [3.05, 3.63) is 45.2 Å². The van der Waals surface area contributed by atoms with Gasteiger partial charge in [-0.3, -0.25) is 4.79 Å². The van der Waals surface area contributed by atoms with Gasteiger partial charge in [-0.15, -0.1) is 0 Å². The molecule has 2 rings (SSSR count). The molecule has 0 amide bonds. The van der Waals surface area contributed by atoms with E-state index in [0.717, 1.165) is 19.2 Å². The molecule has 21 heavy (non-hydrogen) atoms. The predicted octanol–water partition coefficient (Wildman–Crippen LogP) is 2.84. The number of benzene rings is 1. The molecule has 1 aromatic carbocycles. The fourth-order valence-corrected chi connectivity index (χ4v) is 1.88. The van der Waals surface area contributed by atoms with Crippen LogP contribution in [-0.4, -0.2) is 9.55 Å². The van der Waals surface area contributed by atoms with Crippen LogP contribution in [0.5, 0.6) is 0 Å². The van der Waals surface area contributed by atoms with Crippen molar-refractivity contribution in [1.82, 2.24) is 9.55 Å². The molecule has 9 heteroatoms. The lowest BCUT2D eigenvalue weighted by molar-refractivity contribution is -0.144. The van der Waals surface area contributed by atoms with Crippen molar-refractivity contribution >= 4 is 17.3 Å². The van der Waals surface area contributed by atoms with Crippen molar-refractivity contribution in [2.75, 3.05) is 5.73 Å². The second-order valence-corrected chi connectivity index (χ2v) is 4.61. The third kappa shape index (κ3) is 2.71. The number of nitrogens with zero attached hydrogens (tertiary/aromatic N) is 2. The summed E-state index contributed by atoms with van der Waals surface area (Å²) in [5, 5.41) is -0.0695. The molecule has 112 valence electrons. The number of rotatable bonds is 1. The first kappa shape index (κ1) is 15.3. The van der Waals surface area contributed by atoms with E-state index in [1.165, 1.54) is 0 Å². The SMILES string of the molecule is Cn1c(C(F)(F)F)cnc(-c2cc(N)c(Cl)cc2F)c1=O. The van der Waals surface area contributed by atoms with E-state index in [2.05, 4.69) is 4.98 Å². The molecule has 1 aromatic heterocycles. The van der Waals surface area contributed by atoms with Crippen LogP contribution in [0.1, 0.15) is 5.69 Å². The van der Waals surface area contributed by atoms with Crippen LogP contribution in [-0.2, 0) is 13.2 Å². The Labute approximate surface area is 120 Å². The topological polar surface area (TPSA) is 60.9 Å². The number of nitrogens with two attached hydrogens (primary N) is 1. The zero-order valence-electron chi connectivity index (χ0n) is 10.5. The van der Waals surface area contributed by atoms with Gasteiger partial charge in [-0.25, -0.2) is 9.37 Å². The van der Waals surface area contributed by atoms with Crippen molar-refractivity contribution in [2.45, 2.75) is 6.18 Å². The first-order valence-corrected chi connectivity index (χ1v) is 5.89. The van der Waals surface area contributed by atoms with Gasteiger partial charge in [0.05, 0.1) is 16.9 Å². The average molecular weight is 322 g/mol. The summed E-state index contributed by atoms with van der Waals surface area (Å²) in [4.78, 5) is 15.4. The minimum absolute atomic E-state index is 0.0168. The van der Waals surface area contributed by atoms with Crippen LogP contribution in [0.4, 0.5) is 23.2 Å². The van der Waals surface area contributed by atoms with Crippen LogP contribution in [0.15, 0.2) is 23.1 Å². The Bertz CT molecular complexity index is 770. The molecular formula is C12H8ClF4N3O. The van der Waals surface area contributed by atoms with Gasteiger partial charge in [0.1, 0.15) is 17.2 Å². The lowest BCUT2D eigenvalue weighted by Crippen LogP contribution is -2.28. The van der Waals surface area contributed by atoms with Crippen molar-refractivity contribution in [2.24, 2.45) is 7.05 Å². The van der Waals surface area contributed by atoms with Crippen LogP contribution < -0.4 is 11.3 Å². The van der Waals surface area contributed by atoms with Crippen molar-refractivity contribution < 1.29 is 17.6 Å².